The van der Waals surface area contributed by atoms with Gasteiger partial charge in [0.2, 0.25) is 15.9 Å². The van der Waals surface area contributed by atoms with Gasteiger partial charge in [-0.15, -0.1) is 0 Å². The Balaban J connectivity index is 1.54. The van der Waals surface area contributed by atoms with Crippen molar-refractivity contribution >= 4 is 15.9 Å². The first-order valence-corrected chi connectivity index (χ1v) is 10.6. The number of amides is 1. The number of nitrogens with one attached hydrogen (secondary N) is 1. The standard InChI is InChI=1S/C20H21F3N2O3S/c21-20(22,23)17-6-4-5-15(13-17)14-24-19(26)16-9-11-25(12-10-16)29(27,28)18-7-2-1-3-8-18/h1-8,13,16H,9-12,14H2,(H,24,26). The molecule has 1 heterocycles. The summed E-state index contributed by atoms with van der Waals surface area (Å²) in [7, 11) is -3.59. The molecule has 1 amide bonds. The molecule has 2 aromatic carbocycles. The molecule has 156 valence electrons. The Morgan fingerprint density at radius 1 is 1.03 bits per heavy atom. The number of hydrogen-bond acceptors (Lipinski definition) is 3. The largest absolute Gasteiger partial charge is 0.416 e. The van der Waals surface area contributed by atoms with Gasteiger partial charge in [0.05, 0.1) is 10.5 Å². The quantitative estimate of drug-likeness (QED) is 0.797. The second-order valence-corrected chi connectivity index (χ2v) is 8.85. The van der Waals surface area contributed by atoms with Gasteiger partial charge >= 0.3 is 6.18 Å². The first-order valence-electron chi connectivity index (χ1n) is 9.17. The maximum absolute atomic E-state index is 12.8. The number of piperidine rings is 1. The summed E-state index contributed by atoms with van der Waals surface area (Å²) in [5.74, 6) is -0.651. The number of hydrogen-bond donors (Lipinski definition) is 1. The number of alkyl halides is 3. The van der Waals surface area contributed by atoms with Crippen LogP contribution >= 0.6 is 0 Å². The molecule has 1 aliphatic rings. The zero-order valence-electron chi connectivity index (χ0n) is 15.5. The van der Waals surface area contributed by atoms with Gasteiger partial charge in [-0.25, -0.2) is 8.42 Å². The van der Waals surface area contributed by atoms with Gasteiger partial charge in [0.25, 0.3) is 0 Å². The van der Waals surface area contributed by atoms with Crippen LogP contribution in [0, 0.1) is 5.92 Å². The summed E-state index contributed by atoms with van der Waals surface area (Å²) in [6.45, 7) is 0.434. The molecular weight excluding hydrogens is 405 g/mol. The van der Waals surface area contributed by atoms with Crippen LogP contribution in [0.1, 0.15) is 24.0 Å². The Morgan fingerprint density at radius 3 is 2.31 bits per heavy atom. The minimum Gasteiger partial charge on any atom is -0.352 e. The van der Waals surface area contributed by atoms with Crippen LogP contribution in [-0.4, -0.2) is 31.7 Å². The molecule has 0 aromatic heterocycles. The normalized spacial score (nSPS) is 16.5. The Labute approximate surface area is 167 Å². The van der Waals surface area contributed by atoms with Crippen molar-refractivity contribution in [3.63, 3.8) is 0 Å². The molecule has 0 saturated carbocycles. The Kier molecular flexibility index (Phi) is 6.28. The molecule has 3 rings (SSSR count). The summed E-state index contributed by atoms with van der Waals surface area (Å²) in [6.07, 6.45) is -3.71. The number of benzene rings is 2. The van der Waals surface area contributed by atoms with E-state index in [0.29, 0.717) is 18.4 Å². The third kappa shape index (κ3) is 5.16. The van der Waals surface area contributed by atoms with Crippen LogP contribution < -0.4 is 5.32 Å². The molecule has 1 fully saturated rings. The SMILES string of the molecule is O=C(NCc1cccc(C(F)(F)F)c1)C1CCN(S(=O)(=O)c2ccccc2)CC1. The molecule has 0 atom stereocenters. The Morgan fingerprint density at radius 2 is 1.69 bits per heavy atom. The molecule has 9 heteroatoms. The highest BCUT2D eigenvalue weighted by Gasteiger charge is 2.32. The van der Waals surface area contributed by atoms with E-state index in [1.807, 2.05) is 0 Å². The van der Waals surface area contributed by atoms with E-state index in [9.17, 15) is 26.4 Å². The summed E-state index contributed by atoms with van der Waals surface area (Å²) in [5.41, 5.74) is -0.402. The molecule has 1 N–H and O–H groups in total. The number of halogens is 3. The van der Waals surface area contributed by atoms with Crippen molar-refractivity contribution in [3.8, 4) is 0 Å². The summed E-state index contributed by atoms with van der Waals surface area (Å²) >= 11 is 0. The number of sulfonamides is 1. The molecule has 0 unspecified atom stereocenters. The van der Waals surface area contributed by atoms with Crippen LogP contribution in [0.15, 0.2) is 59.5 Å². The minimum atomic E-state index is -4.43. The molecule has 1 saturated heterocycles. The fourth-order valence-corrected chi connectivity index (χ4v) is 4.78. The smallest absolute Gasteiger partial charge is 0.352 e. The molecule has 5 nitrogen and oxygen atoms in total. The summed E-state index contributed by atoms with van der Waals surface area (Å²) in [4.78, 5) is 12.6. The van der Waals surface area contributed by atoms with E-state index in [4.69, 9.17) is 0 Å². The van der Waals surface area contributed by atoms with Gasteiger partial charge in [-0.05, 0) is 42.7 Å². The van der Waals surface area contributed by atoms with Crippen LogP contribution in [0.2, 0.25) is 0 Å². The molecule has 2 aromatic rings. The lowest BCUT2D eigenvalue weighted by atomic mass is 9.97. The van der Waals surface area contributed by atoms with Gasteiger partial charge in [-0.1, -0.05) is 30.3 Å². The van der Waals surface area contributed by atoms with Crippen LogP contribution in [0.4, 0.5) is 13.2 Å². The van der Waals surface area contributed by atoms with E-state index in [-0.39, 0.29) is 36.4 Å². The monoisotopic (exact) mass is 426 g/mol. The fraction of sp³-hybridized carbons (Fsp3) is 0.350. The van der Waals surface area contributed by atoms with E-state index in [2.05, 4.69) is 5.32 Å². The predicted molar refractivity (Wildman–Crippen MR) is 101 cm³/mol. The summed E-state index contributed by atoms with van der Waals surface area (Å²) in [5, 5.41) is 2.66. The average Bonchev–Trinajstić information content (AvgIpc) is 2.72. The lowest BCUT2D eigenvalue weighted by Gasteiger charge is -2.30. The first kappa shape index (κ1) is 21.3. The van der Waals surface area contributed by atoms with E-state index >= 15 is 0 Å². The molecular formula is C20H21F3N2O3S. The number of rotatable bonds is 5. The summed E-state index contributed by atoms with van der Waals surface area (Å²) in [6, 6.07) is 12.9. The van der Waals surface area contributed by atoms with Gasteiger partial charge in [-0.2, -0.15) is 17.5 Å². The van der Waals surface area contributed by atoms with E-state index in [1.54, 1.807) is 18.2 Å². The lowest BCUT2D eigenvalue weighted by molar-refractivity contribution is -0.137. The minimum absolute atomic E-state index is 0.00865. The highest BCUT2D eigenvalue weighted by atomic mass is 32.2. The van der Waals surface area contributed by atoms with Gasteiger partial charge in [0.1, 0.15) is 0 Å². The molecule has 0 spiro atoms. The fourth-order valence-electron chi connectivity index (χ4n) is 3.29. The third-order valence-electron chi connectivity index (χ3n) is 4.93. The number of nitrogens with zero attached hydrogens (tertiary/aromatic N) is 1. The van der Waals surface area contributed by atoms with Crippen molar-refractivity contribution in [1.29, 1.82) is 0 Å². The first-order chi connectivity index (χ1) is 13.7. The Hall–Kier alpha value is -2.39. The van der Waals surface area contributed by atoms with Crippen molar-refractivity contribution in [2.24, 2.45) is 5.92 Å². The topological polar surface area (TPSA) is 66.5 Å². The van der Waals surface area contributed by atoms with Crippen LogP contribution in [0.5, 0.6) is 0 Å². The van der Waals surface area contributed by atoms with Crippen molar-refractivity contribution in [1.82, 2.24) is 9.62 Å². The maximum Gasteiger partial charge on any atom is 0.416 e. The van der Waals surface area contributed by atoms with Crippen molar-refractivity contribution in [2.45, 2.75) is 30.5 Å². The highest BCUT2D eigenvalue weighted by molar-refractivity contribution is 7.89. The van der Waals surface area contributed by atoms with Crippen LogP contribution in [-0.2, 0) is 27.5 Å². The van der Waals surface area contributed by atoms with Crippen LogP contribution in [0.25, 0.3) is 0 Å². The summed E-state index contributed by atoms with van der Waals surface area (Å²) < 4.78 is 64.9. The van der Waals surface area contributed by atoms with Crippen molar-refractivity contribution in [3.05, 3.63) is 65.7 Å². The second-order valence-electron chi connectivity index (χ2n) is 6.91. The Bertz CT molecular complexity index is 954. The predicted octanol–water partition coefficient (Wildman–Crippen LogP) is 3.42. The zero-order valence-corrected chi connectivity index (χ0v) is 16.3. The molecule has 0 radical (unpaired) electrons. The van der Waals surface area contributed by atoms with Crippen molar-refractivity contribution < 1.29 is 26.4 Å². The molecule has 29 heavy (non-hydrogen) atoms. The highest BCUT2D eigenvalue weighted by Crippen LogP contribution is 2.29. The van der Waals surface area contributed by atoms with E-state index < -0.39 is 21.8 Å². The second kappa shape index (κ2) is 8.54. The van der Waals surface area contributed by atoms with Crippen molar-refractivity contribution in [2.75, 3.05) is 13.1 Å². The van der Waals surface area contributed by atoms with E-state index in [0.717, 1.165) is 12.1 Å². The average molecular weight is 426 g/mol. The van der Waals surface area contributed by atoms with Gasteiger partial charge in [-0.3, -0.25) is 4.79 Å². The van der Waals surface area contributed by atoms with Crippen LogP contribution in [0.3, 0.4) is 0 Å². The third-order valence-corrected chi connectivity index (χ3v) is 6.84. The number of carbonyl (C=O) groups is 1. The maximum atomic E-state index is 12.8. The molecule has 0 bridgehead atoms. The lowest BCUT2D eigenvalue weighted by Crippen LogP contribution is -2.42. The van der Waals surface area contributed by atoms with Gasteiger partial charge in [0.15, 0.2) is 0 Å². The molecule has 1 aliphatic heterocycles. The zero-order chi connectivity index (χ0) is 21.1. The van der Waals surface area contributed by atoms with E-state index in [1.165, 1.54) is 28.6 Å². The number of carbonyl (C=O) groups excluding carboxylic acids is 1. The van der Waals surface area contributed by atoms with Gasteiger partial charge in [0, 0.05) is 25.6 Å². The molecule has 0 aliphatic carbocycles. The van der Waals surface area contributed by atoms with Gasteiger partial charge < -0.3 is 5.32 Å².